The second-order valence-electron chi connectivity index (χ2n) is 3.21. The predicted molar refractivity (Wildman–Crippen MR) is 57.3 cm³/mol. The van der Waals surface area contributed by atoms with Gasteiger partial charge in [0.05, 0.1) is 0 Å². The van der Waals surface area contributed by atoms with Gasteiger partial charge in [0.15, 0.2) is 0 Å². The van der Waals surface area contributed by atoms with Crippen LogP contribution >= 0.6 is 0 Å². The summed E-state index contributed by atoms with van der Waals surface area (Å²) in [4.78, 5) is 10.8. The molecule has 1 aromatic carbocycles. The Hall–Kier alpha value is -1.48. The first-order chi connectivity index (χ1) is 7.88. The molecule has 1 aromatic rings. The number of carbonyl (C=O) groups is 1. The van der Waals surface area contributed by atoms with Crippen LogP contribution in [0, 0.1) is 0 Å². The van der Waals surface area contributed by atoms with Crippen molar-refractivity contribution in [1.82, 2.24) is 5.48 Å². The van der Waals surface area contributed by atoms with Gasteiger partial charge in [0.1, 0.15) is 6.04 Å². The van der Waals surface area contributed by atoms with Crippen molar-refractivity contribution in [2.45, 2.75) is 12.5 Å². The van der Waals surface area contributed by atoms with Gasteiger partial charge in [-0.1, -0.05) is 30.3 Å². The number of carboxylic acid groups (broad SMARTS) is 1. The van der Waals surface area contributed by atoms with Crippen LogP contribution < -0.4 is 5.48 Å². The van der Waals surface area contributed by atoms with Crippen LogP contribution in [0.25, 0.3) is 0 Å². The van der Waals surface area contributed by atoms with Crippen molar-refractivity contribution in [3.63, 3.8) is 0 Å². The molecule has 0 spiro atoms. The van der Waals surface area contributed by atoms with Gasteiger partial charge in [0.2, 0.25) is 0 Å². The van der Waals surface area contributed by atoms with Crippen molar-refractivity contribution in [3.8, 4) is 0 Å². The first-order valence-electron chi connectivity index (χ1n) is 4.56. The Kier molecular flexibility index (Phi) is 4.58. The van der Waals surface area contributed by atoms with Gasteiger partial charge in [-0.2, -0.15) is 18.2 Å². The monoisotopic (exact) mass is 261 g/mol. The third kappa shape index (κ3) is 5.41. The van der Waals surface area contributed by atoms with E-state index in [2.05, 4.69) is 4.28 Å². The summed E-state index contributed by atoms with van der Waals surface area (Å²) in [6, 6.07) is 7.30. The van der Waals surface area contributed by atoms with Crippen LogP contribution in [0.1, 0.15) is 5.56 Å². The largest absolute Gasteiger partial charge is 0.480 e. The number of carboxylic acids is 1. The number of rotatable bonds is 6. The lowest BCUT2D eigenvalue weighted by molar-refractivity contribution is -0.141. The van der Waals surface area contributed by atoms with E-state index < -0.39 is 22.4 Å². The van der Waals surface area contributed by atoms with E-state index in [9.17, 15) is 13.2 Å². The van der Waals surface area contributed by atoms with E-state index in [-0.39, 0.29) is 6.42 Å². The van der Waals surface area contributed by atoms with Gasteiger partial charge in [-0.3, -0.25) is 9.35 Å². The van der Waals surface area contributed by atoms with E-state index in [0.29, 0.717) is 5.56 Å². The van der Waals surface area contributed by atoms with Crippen molar-refractivity contribution >= 4 is 16.4 Å². The van der Waals surface area contributed by atoms with E-state index in [0.717, 1.165) is 0 Å². The number of nitrogens with one attached hydrogen (secondary N) is 1. The molecule has 0 bridgehead atoms. The zero-order valence-corrected chi connectivity index (χ0v) is 9.42. The molecule has 0 aliphatic heterocycles. The molecular formula is C9H11NO6S. The van der Waals surface area contributed by atoms with Crippen LogP contribution in [0.2, 0.25) is 0 Å². The summed E-state index contributed by atoms with van der Waals surface area (Å²) >= 11 is 0. The quantitative estimate of drug-likeness (QED) is 0.488. The summed E-state index contributed by atoms with van der Waals surface area (Å²) in [6.07, 6.45) is 0.0195. The third-order valence-electron chi connectivity index (χ3n) is 1.88. The van der Waals surface area contributed by atoms with Crippen LogP contribution in [0.4, 0.5) is 0 Å². The first kappa shape index (κ1) is 13.6. The van der Waals surface area contributed by atoms with Gasteiger partial charge < -0.3 is 5.11 Å². The Morgan fingerprint density at radius 3 is 2.41 bits per heavy atom. The molecule has 0 unspecified atom stereocenters. The Morgan fingerprint density at radius 2 is 1.94 bits per heavy atom. The molecule has 0 saturated heterocycles. The van der Waals surface area contributed by atoms with E-state index in [1.165, 1.54) is 0 Å². The highest BCUT2D eigenvalue weighted by molar-refractivity contribution is 7.80. The molecule has 0 amide bonds. The number of hydrogen-bond acceptors (Lipinski definition) is 5. The Morgan fingerprint density at radius 1 is 1.35 bits per heavy atom. The zero-order valence-electron chi connectivity index (χ0n) is 8.61. The Labute approximate surface area is 97.9 Å². The van der Waals surface area contributed by atoms with E-state index in [1.807, 2.05) is 0 Å². The minimum Gasteiger partial charge on any atom is -0.480 e. The molecule has 94 valence electrons. The van der Waals surface area contributed by atoms with Gasteiger partial charge >= 0.3 is 16.4 Å². The molecule has 0 saturated carbocycles. The molecule has 0 radical (unpaired) electrons. The van der Waals surface area contributed by atoms with E-state index >= 15 is 0 Å². The fraction of sp³-hybridized carbons (Fsp3) is 0.222. The molecule has 8 heteroatoms. The molecule has 17 heavy (non-hydrogen) atoms. The maximum absolute atomic E-state index is 10.8. The lowest BCUT2D eigenvalue weighted by Gasteiger charge is -2.12. The Bertz CT molecular complexity index is 472. The van der Waals surface area contributed by atoms with Crippen LogP contribution in [0.5, 0.6) is 0 Å². The molecule has 0 aromatic heterocycles. The van der Waals surface area contributed by atoms with Gasteiger partial charge in [-0.05, 0) is 5.56 Å². The third-order valence-corrected chi connectivity index (χ3v) is 2.18. The van der Waals surface area contributed by atoms with Gasteiger partial charge in [0.25, 0.3) is 0 Å². The summed E-state index contributed by atoms with van der Waals surface area (Å²) in [5.41, 5.74) is 2.46. The van der Waals surface area contributed by atoms with Crippen LogP contribution in [0.15, 0.2) is 30.3 Å². The van der Waals surface area contributed by atoms with Crippen LogP contribution in [-0.4, -0.2) is 30.1 Å². The van der Waals surface area contributed by atoms with Crippen LogP contribution in [0.3, 0.4) is 0 Å². The summed E-state index contributed by atoms with van der Waals surface area (Å²) in [6.45, 7) is 0. The average molecular weight is 261 g/mol. The highest BCUT2D eigenvalue weighted by Crippen LogP contribution is 2.03. The topological polar surface area (TPSA) is 113 Å². The minimum atomic E-state index is -4.72. The van der Waals surface area contributed by atoms with Gasteiger partial charge in [-0.25, -0.2) is 0 Å². The maximum Gasteiger partial charge on any atom is 0.413 e. The first-order valence-corrected chi connectivity index (χ1v) is 5.93. The van der Waals surface area contributed by atoms with Crippen molar-refractivity contribution in [2.75, 3.05) is 0 Å². The van der Waals surface area contributed by atoms with Crippen molar-refractivity contribution in [3.05, 3.63) is 35.9 Å². The van der Waals surface area contributed by atoms with Gasteiger partial charge in [0, 0.05) is 6.42 Å². The molecule has 0 aliphatic carbocycles. The molecule has 7 nitrogen and oxygen atoms in total. The van der Waals surface area contributed by atoms with Crippen molar-refractivity contribution < 1.29 is 27.2 Å². The SMILES string of the molecule is O=C(O)[C@H](Cc1ccccc1)NOS(=O)(=O)O. The predicted octanol–water partition coefficient (Wildman–Crippen LogP) is 0.00630. The number of benzene rings is 1. The van der Waals surface area contributed by atoms with E-state index in [4.69, 9.17) is 9.66 Å². The average Bonchev–Trinajstić information content (AvgIpc) is 2.24. The summed E-state index contributed by atoms with van der Waals surface area (Å²) in [7, 11) is -4.72. The molecule has 0 heterocycles. The fourth-order valence-corrected chi connectivity index (χ4v) is 1.39. The van der Waals surface area contributed by atoms with Crippen molar-refractivity contribution in [1.29, 1.82) is 0 Å². The second-order valence-corrected chi connectivity index (χ2v) is 4.23. The van der Waals surface area contributed by atoms with E-state index in [1.54, 1.807) is 35.8 Å². The molecule has 1 atom stereocenters. The molecule has 0 aliphatic rings. The molecule has 0 fully saturated rings. The zero-order chi connectivity index (χ0) is 12.9. The number of aliphatic carboxylic acids is 1. The molecule has 3 N–H and O–H groups in total. The number of hydrogen-bond donors (Lipinski definition) is 3. The summed E-state index contributed by atoms with van der Waals surface area (Å²) < 4.78 is 32.7. The standard InChI is InChI=1S/C9H11NO6S/c11-9(12)8(10-16-17(13,14)15)6-7-4-2-1-3-5-7/h1-5,8,10H,6H2,(H,11,12)(H,13,14,15)/t8-/m0/s1. The molecule has 1 rings (SSSR count). The highest BCUT2D eigenvalue weighted by atomic mass is 32.3. The number of hydroxylamine groups is 1. The highest BCUT2D eigenvalue weighted by Gasteiger charge is 2.20. The molecular weight excluding hydrogens is 250 g/mol. The summed E-state index contributed by atoms with van der Waals surface area (Å²) in [5.74, 6) is -1.29. The smallest absolute Gasteiger partial charge is 0.413 e. The second kappa shape index (κ2) is 5.73. The van der Waals surface area contributed by atoms with Crippen molar-refractivity contribution in [2.24, 2.45) is 0 Å². The van der Waals surface area contributed by atoms with Crippen LogP contribution in [-0.2, 0) is 25.9 Å². The van der Waals surface area contributed by atoms with Gasteiger partial charge in [-0.15, -0.1) is 0 Å². The lowest BCUT2D eigenvalue weighted by atomic mass is 10.1. The normalized spacial score (nSPS) is 13.2. The fourth-order valence-electron chi connectivity index (χ4n) is 1.15. The maximum atomic E-state index is 10.8. The Balaban J connectivity index is 2.65. The lowest BCUT2D eigenvalue weighted by Crippen LogP contribution is -2.39. The summed E-state index contributed by atoms with van der Waals surface area (Å²) in [5, 5.41) is 8.81. The minimum absolute atomic E-state index is 0.0195.